The van der Waals surface area contributed by atoms with Gasteiger partial charge in [0.05, 0.1) is 41.1 Å². The molecule has 0 fully saturated rings. The van der Waals surface area contributed by atoms with E-state index < -0.39 is 6.17 Å². The molecule has 1 amide bonds. The number of benzene rings is 4. The normalized spacial score (nSPS) is 13.5. The van der Waals surface area contributed by atoms with Gasteiger partial charge in [0.1, 0.15) is 11.9 Å². The van der Waals surface area contributed by atoms with Crippen LogP contribution >= 0.6 is 0 Å². The number of amides is 1. The summed E-state index contributed by atoms with van der Waals surface area (Å²) in [5.74, 6) is 3.75. The molecule has 0 bridgehead atoms. The Morgan fingerprint density at radius 3 is 2.12 bits per heavy atom. The van der Waals surface area contributed by atoms with Gasteiger partial charge in [0.15, 0.2) is 47.0 Å². The Kier molecular flexibility index (Phi) is 9.62. The van der Waals surface area contributed by atoms with Crippen molar-refractivity contribution in [2.24, 2.45) is 0 Å². The molecule has 2 heterocycles. The Hall–Kier alpha value is -6.08. The minimum Gasteiger partial charge on any atom is -0.493 e. The van der Waals surface area contributed by atoms with Crippen LogP contribution in [-0.2, 0) is 0 Å². The Balaban J connectivity index is 1.14. The van der Waals surface area contributed by atoms with E-state index in [0.29, 0.717) is 62.8 Å². The lowest BCUT2D eigenvalue weighted by Gasteiger charge is -2.28. The molecule has 254 valence electrons. The van der Waals surface area contributed by atoms with Crippen LogP contribution in [0.15, 0.2) is 83.4 Å². The van der Waals surface area contributed by atoms with Gasteiger partial charge in [-0.3, -0.25) is 4.79 Å². The van der Waals surface area contributed by atoms with E-state index in [1.165, 1.54) is 5.06 Å². The van der Waals surface area contributed by atoms with Crippen molar-refractivity contribution in [2.45, 2.75) is 6.17 Å². The molecule has 0 saturated carbocycles. The van der Waals surface area contributed by atoms with E-state index in [1.807, 2.05) is 42.5 Å². The van der Waals surface area contributed by atoms with Gasteiger partial charge >= 0.3 is 0 Å². The molecule has 2 N–H and O–H groups in total. The van der Waals surface area contributed by atoms with E-state index in [2.05, 4.69) is 15.8 Å². The first-order chi connectivity index (χ1) is 23.8. The van der Waals surface area contributed by atoms with Crippen LogP contribution in [0.4, 0.5) is 5.69 Å². The lowest BCUT2D eigenvalue weighted by Crippen LogP contribution is -2.38. The highest BCUT2D eigenvalue weighted by Gasteiger charge is 2.25. The predicted octanol–water partition coefficient (Wildman–Crippen LogP) is 6.17. The van der Waals surface area contributed by atoms with Crippen LogP contribution in [0, 0.1) is 0 Å². The fraction of sp³-hybridized carbons (Fsp3) is 0.222. The maximum absolute atomic E-state index is 12.6. The van der Waals surface area contributed by atoms with Crippen LogP contribution in [0.25, 0.3) is 22.6 Å². The summed E-state index contributed by atoms with van der Waals surface area (Å²) in [6.45, 7) is 0.0458. The Morgan fingerprint density at radius 1 is 0.714 bits per heavy atom. The average Bonchev–Trinajstić information content (AvgIpc) is 3.64. The topological polar surface area (TPSA) is 135 Å². The van der Waals surface area contributed by atoms with Crippen molar-refractivity contribution >= 4 is 11.6 Å². The molecular weight excluding hydrogens is 632 g/mol. The summed E-state index contributed by atoms with van der Waals surface area (Å²) in [6.07, 6.45) is -0.432. The van der Waals surface area contributed by atoms with Crippen molar-refractivity contribution in [1.82, 2.24) is 15.5 Å². The van der Waals surface area contributed by atoms with E-state index in [0.717, 1.165) is 16.8 Å². The van der Waals surface area contributed by atoms with Crippen molar-refractivity contribution in [2.75, 3.05) is 54.6 Å². The molecule has 1 atom stereocenters. The summed E-state index contributed by atoms with van der Waals surface area (Å²) in [7, 11) is 9.50. The number of rotatable bonds is 13. The third-order valence-corrected chi connectivity index (χ3v) is 7.84. The minimum absolute atomic E-state index is 0.0458. The lowest BCUT2D eigenvalue weighted by atomic mass is 10.1. The molecule has 1 aliphatic rings. The highest BCUT2D eigenvalue weighted by molar-refractivity contribution is 6.01. The van der Waals surface area contributed by atoms with Gasteiger partial charge in [-0.15, -0.1) is 5.06 Å². The van der Waals surface area contributed by atoms with Gasteiger partial charge < -0.3 is 48.4 Å². The summed E-state index contributed by atoms with van der Waals surface area (Å²) in [6, 6.07) is 23.6. The molecule has 1 aliphatic heterocycles. The second-order valence-corrected chi connectivity index (χ2v) is 10.9. The predicted molar refractivity (Wildman–Crippen MR) is 181 cm³/mol. The summed E-state index contributed by atoms with van der Waals surface area (Å²) in [4.78, 5) is 18.7. The number of anilines is 1. The zero-order chi connectivity index (χ0) is 34.5. The number of hydrogen-bond donors (Lipinski definition) is 2. The first-order valence-electron chi connectivity index (χ1n) is 15.2. The van der Waals surface area contributed by atoms with E-state index in [4.69, 9.17) is 37.8 Å². The molecule has 6 rings (SSSR count). The quantitative estimate of drug-likeness (QED) is 0.110. The molecule has 1 unspecified atom stereocenters. The number of nitrogens with zero attached hydrogens (tertiary/aromatic N) is 2. The van der Waals surface area contributed by atoms with Gasteiger partial charge in [0, 0.05) is 29.9 Å². The van der Waals surface area contributed by atoms with E-state index in [9.17, 15) is 4.79 Å². The highest BCUT2D eigenvalue weighted by atomic mass is 16.7. The first-order valence-corrected chi connectivity index (χ1v) is 15.2. The first kappa shape index (κ1) is 32.8. The van der Waals surface area contributed by atoms with Crippen LogP contribution < -0.4 is 43.9 Å². The Bertz CT molecular complexity index is 1940. The van der Waals surface area contributed by atoms with Gasteiger partial charge in [-0.1, -0.05) is 23.4 Å². The standard InChI is InChI=1S/C36H36N4O9/c1-40(20-47-28-14-12-22(16-30(28)43-3)35-37-25-10-8-7-9-24(25)36(41)38-35)49-31-15-21(11-13-27(31)42-2)26-19-29(48-39-26)23-17-32(44-4)34(46-6)33(18-23)45-5/h7-19,35,37H,20H2,1-6H3,(H,38,41). The molecule has 0 radical (unpaired) electrons. The zero-order valence-corrected chi connectivity index (χ0v) is 27.9. The monoisotopic (exact) mass is 668 g/mol. The van der Waals surface area contributed by atoms with Crippen molar-refractivity contribution in [1.29, 1.82) is 0 Å². The number of para-hydroxylation sites is 1. The molecular formula is C36H36N4O9. The Morgan fingerprint density at radius 2 is 1.41 bits per heavy atom. The molecule has 49 heavy (non-hydrogen) atoms. The molecule has 1 aromatic heterocycles. The smallest absolute Gasteiger partial charge is 0.255 e. The minimum atomic E-state index is -0.432. The molecule has 13 nitrogen and oxygen atoms in total. The molecule has 4 aromatic carbocycles. The number of carbonyl (C=O) groups is 1. The third kappa shape index (κ3) is 6.83. The van der Waals surface area contributed by atoms with Gasteiger partial charge in [-0.05, 0) is 60.2 Å². The number of methoxy groups -OCH3 is 5. The number of fused-ring (bicyclic) bond motifs is 1. The second kappa shape index (κ2) is 14.4. The fourth-order valence-electron chi connectivity index (χ4n) is 5.39. The number of aromatic nitrogens is 1. The average molecular weight is 669 g/mol. The molecule has 0 spiro atoms. The van der Waals surface area contributed by atoms with Crippen LogP contribution in [0.5, 0.6) is 40.2 Å². The van der Waals surface area contributed by atoms with Gasteiger partial charge in [0.25, 0.3) is 5.91 Å². The largest absolute Gasteiger partial charge is 0.493 e. The van der Waals surface area contributed by atoms with Gasteiger partial charge in [0.2, 0.25) is 5.75 Å². The van der Waals surface area contributed by atoms with Crippen molar-refractivity contribution in [3.05, 3.63) is 90.0 Å². The molecule has 0 aliphatic carbocycles. The van der Waals surface area contributed by atoms with E-state index in [-0.39, 0.29) is 12.6 Å². The molecule has 13 heteroatoms. The SMILES string of the molecule is COc1cc(C2NC(=O)c3ccccc3N2)ccc1OCN(C)Oc1cc(-c2cc(-c3cc(OC)c(OC)c(OC)c3)on2)ccc1OC. The van der Waals surface area contributed by atoms with E-state index in [1.54, 1.807) is 79.0 Å². The lowest BCUT2D eigenvalue weighted by molar-refractivity contribution is -0.0840. The van der Waals surface area contributed by atoms with Gasteiger partial charge in [-0.2, -0.15) is 0 Å². The van der Waals surface area contributed by atoms with Gasteiger partial charge in [-0.25, -0.2) is 0 Å². The van der Waals surface area contributed by atoms with Crippen molar-refractivity contribution in [3.63, 3.8) is 0 Å². The Labute approximate surface area is 283 Å². The summed E-state index contributed by atoms with van der Waals surface area (Å²) < 4.78 is 39.3. The van der Waals surface area contributed by atoms with Crippen LogP contribution in [-0.4, -0.2) is 65.5 Å². The summed E-state index contributed by atoms with van der Waals surface area (Å²) in [5.41, 5.74) is 4.17. The van der Waals surface area contributed by atoms with Crippen molar-refractivity contribution < 1.29 is 42.6 Å². The molecule has 0 saturated heterocycles. The summed E-state index contributed by atoms with van der Waals surface area (Å²) >= 11 is 0. The van der Waals surface area contributed by atoms with Crippen LogP contribution in [0.2, 0.25) is 0 Å². The van der Waals surface area contributed by atoms with E-state index >= 15 is 0 Å². The maximum Gasteiger partial charge on any atom is 0.255 e. The van der Waals surface area contributed by atoms with Crippen LogP contribution in [0.1, 0.15) is 22.1 Å². The highest BCUT2D eigenvalue weighted by Crippen LogP contribution is 2.42. The van der Waals surface area contributed by atoms with Crippen LogP contribution in [0.3, 0.4) is 0 Å². The second-order valence-electron chi connectivity index (χ2n) is 10.9. The number of ether oxygens (including phenoxy) is 6. The number of hydroxylamine groups is 2. The number of nitrogens with one attached hydrogen (secondary N) is 2. The zero-order valence-electron chi connectivity index (χ0n) is 27.9. The third-order valence-electron chi connectivity index (χ3n) is 7.84. The van der Waals surface area contributed by atoms with Crippen molar-refractivity contribution in [3.8, 4) is 62.8 Å². The maximum atomic E-state index is 12.6. The number of carbonyl (C=O) groups excluding carboxylic acids is 1. The summed E-state index contributed by atoms with van der Waals surface area (Å²) in [5, 5.41) is 12.1. The number of hydrogen-bond acceptors (Lipinski definition) is 12. The fourth-order valence-corrected chi connectivity index (χ4v) is 5.39. The molecule has 5 aromatic rings.